The average molecular weight is 1110 g/mol. The van der Waals surface area contributed by atoms with Crippen LogP contribution in [0.15, 0.2) is 36.4 Å². The predicted molar refractivity (Wildman–Crippen MR) is 282 cm³/mol. The maximum Gasteiger partial charge on any atom is 0.339 e. The molecule has 0 radical (unpaired) electrons. The molecule has 0 unspecified atom stereocenters. The van der Waals surface area contributed by atoms with Crippen molar-refractivity contribution < 1.29 is 77.3 Å². The van der Waals surface area contributed by atoms with Crippen LogP contribution in [0.25, 0.3) is 0 Å². The molecule has 27 heteroatoms. The molecule has 15 N–H and O–H groups in total. The Labute approximate surface area is 456 Å². The number of ether oxygens (including phenoxy) is 1. The van der Waals surface area contributed by atoms with Crippen molar-refractivity contribution in [2.24, 2.45) is 11.5 Å². The van der Waals surface area contributed by atoms with E-state index in [1.54, 1.807) is 12.1 Å². The molecule has 0 aliphatic heterocycles. The average Bonchev–Trinajstić information content (AvgIpc) is 3.42. The molecule has 79 heavy (non-hydrogen) atoms. The van der Waals surface area contributed by atoms with Gasteiger partial charge in [-0.2, -0.15) is 0 Å². The summed E-state index contributed by atoms with van der Waals surface area (Å²) < 4.78 is 6.26. The van der Waals surface area contributed by atoms with Gasteiger partial charge in [0.25, 0.3) is 11.8 Å². The van der Waals surface area contributed by atoms with Gasteiger partial charge in [0.15, 0.2) is 17.1 Å². The van der Waals surface area contributed by atoms with E-state index < -0.39 is 148 Å². The topological polar surface area (TPSA) is 432 Å². The number of carboxylic acids is 2. The Balaban J connectivity index is 1.68. The lowest BCUT2D eigenvalue weighted by molar-refractivity contribution is -0.147. The van der Waals surface area contributed by atoms with Gasteiger partial charge in [0, 0.05) is 11.1 Å². The lowest BCUT2D eigenvalue weighted by atomic mass is 9.81. The normalized spacial score (nSPS) is 17.1. The summed E-state index contributed by atoms with van der Waals surface area (Å²) in [5.41, 5.74) is 8.01. The summed E-state index contributed by atoms with van der Waals surface area (Å²) in [6.45, 7) is 15.1. The molecule has 0 bridgehead atoms. The molecule has 11 atom stereocenters. The number of carboxylic acid groups (broad SMARTS) is 2. The smallest absolute Gasteiger partial charge is 0.339 e. The van der Waals surface area contributed by atoms with Crippen molar-refractivity contribution >= 4 is 76.7 Å². The van der Waals surface area contributed by atoms with Gasteiger partial charge in [-0.15, -0.1) is 0 Å². The van der Waals surface area contributed by atoms with Crippen LogP contribution in [0.5, 0.6) is 5.75 Å². The summed E-state index contributed by atoms with van der Waals surface area (Å²) in [6.07, 6.45) is 0.435. The molecule has 432 valence electrons. The molecule has 0 fully saturated rings. The van der Waals surface area contributed by atoms with Gasteiger partial charge in [-0.05, 0) is 126 Å². The van der Waals surface area contributed by atoms with Crippen LogP contribution in [0.3, 0.4) is 0 Å². The maximum atomic E-state index is 14.4. The largest absolute Gasteiger partial charge is 0.485 e. The number of ketones is 2. The van der Waals surface area contributed by atoms with Crippen LogP contribution >= 0.6 is 0 Å². The highest BCUT2D eigenvalue weighted by Crippen LogP contribution is 2.39. The number of nitrogens with two attached hydrogens (primary N) is 2. The summed E-state index contributed by atoms with van der Waals surface area (Å²) in [7, 11) is 0. The summed E-state index contributed by atoms with van der Waals surface area (Å²) >= 11 is 0. The van der Waals surface area contributed by atoms with E-state index in [1.165, 1.54) is 93.5 Å². The Bertz CT molecular complexity index is 2740. The second-order valence-electron chi connectivity index (χ2n) is 20.3. The fourth-order valence-corrected chi connectivity index (χ4v) is 7.78. The molecule has 3 rings (SSSR count). The minimum Gasteiger partial charge on any atom is -0.485 e. The number of Topliss-reactive ketones (excluding diaryl/α,β-unsaturated/α-hetero) is 2. The van der Waals surface area contributed by atoms with Gasteiger partial charge in [0.2, 0.25) is 41.4 Å². The van der Waals surface area contributed by atoms with Crippen molar-refractivity contribution in [3.63, 3.8) is 0 Å². The Morgan fingerprint density at radius 1 is 0.557 bits per heavy atom. The van der Waals surface area contributed by atoms with E-state index in [2.05, 4.69) is 47.9 Å². The number of carbonyl (C=O) groups is 13. The fraction of sp³-hybridized carbons (Fsp3) is 0.519. The molecule has 0 aromatic heterocycles. The van der Waals surface area contributed by atoms with Gasteiger partial charge in [0.1, 0.15) is 53.7 Å². The van der Waals surface area contributed by atoms with E-state index in [9.17, 15) is 72.5 Å². The van der Waals surface area contributed by atoms with Crippen LogP contribution in [-0.4, -0.2) is 152 Å². The first-order valence-corrected chi connectivity index (χ1v) is 25.3. The van der Waals surface area contributed by atoms with Crippen molar-refractivity contribution in [2.45, 2.75) is 174 Å². The third-order valence-corrected chi connectivity index (χ3v) is 12.7. The highest BCUT2D eigenvalue weighted by Gasteiger charge is 2.47. The third-order valence-electron chi connectivity index (χ3n) is 12.7. The van der Waals surface area contributed by atoms with Crippen LogP contribution in [0.1, 0.15) is 144 Å². The molecule has 1 aliphatic carbocycles. The molecule has 2 aromatic rings. The standard InChI is InChI=1S/C52H73N11O16/c1-22(53)40(66)55-23(2)38(64)37-33(21-20-31-16-15-19-35(36(31)37)79-34-18-14-13-17-32(34)48(75)76)46(72)61-29(8)45(71)60-28(7)44(70)59-27(6)43(69)58-26(5)42(68)57-25(4)41(67)56-24(3)39(65)52(12,63-49(77)51(10,11)54)50(78)62-30(9)47(73)74/h13-14,17-18,20-30,35H,15-16,19,53-54H2,1-12H3,(H,55,66)(H,56,67)(H,57,68)(H,58,69)(H,59,70)(H,60,71)(H,61,72)(H,62,78)(H,63,77)(H,73,74)(H,75,76)/t22-,23-,24-,25-,26-,27-,28-,29-,30-,35-,52+/m0/s1. The van der Waals surface area contributed by atoms with Crippen molar-refractivity contribution in [3.05, 3.63) is 64.2 Å². The minimum atomic E-state index is -2.43. The van der Waals surface area contributed by atoms with Crippen LogP contribution in [0, 0.1) is 0 Å². The quantitative estimate of drug-likeness (QED) is 0.0368. The lowest BCUT2D eigenvalue weighted by Gasteiger charge is -2.34. The zero-order valence-electron chi connectivity index (χ0n) is 46.1. The maximum absolute atomic E-state index is 14.4. The molecule has 1 aliphatic rings. The third kappa shape index (κ3) is 17.1. The number of rotatable bonds is 26. The first kappa shape index (κ1) is 65.0. The fourth-order valence-electron chi connectivity index (χ4n) is 7.78. The van der Waals surface area contributed by atoms with Gasteiger partial charge in [-0.1, -0.05) is 18.2 Å². The van der Waals surface area contributed by atoms with E-state index in [0.717, 1.165) is 13.8 Å². The van der Waals surface area contributed by atoms with Crippen molar-refractivity contribution in [3.8, 4) is 5.75 Å². The van der Waals surface area contributed by atoms with E-state index in [-0.39, 0.29) is 22.4 Å². The predicted octanol–water partition coefficient (Wildman–Crippen LogP) is -1.71. The number of benzene rings is 2. The van der Waals surface area contributed by atoms with E-state index in [1.807, 2.05) is 0 Å². The highest BCUT2D eigenvalue weighted by atomic mass is 16.5. The van der Waals surface area contributed by atoms with Gasteiger partial charge < -0.3 is 74.3 Å². The molecule has 0 spiro atoms. The van der Waals surface area contributed by atoms with Crippen LogP contribution in [0.4, 0.5) is 0 Å². The zero-order chi connectivity index (χ0) is 60.2. The van der Waals surface area contributed by atoms with Gasteiger partial charge in [0.05, 0.1) is 29.2 Å². The monoisotopic (exact) mass is 1110 g/mol. The molecule has 2 aromatic carbocycles. The Hall–Kier alpha value is -8.33. The minimum absolute atomic E-state index is 0.0147. The second kappa shape index (κ2) is 27.3. The first-order chi connectivity index (χ1) is 36.5. The summed E-state index contributed by atoms with van der Waals surface area (Å²) in [5, 5.41) is 40.4. The molecule has 0 heterocycles. The summed E-state index contributed by atoms with van der Waals surface area (Å²) in [6, 6.07) is -2.95. The molecule has 9 amide bonds. The molecular weight excluding hydrogens is 1030 g/mol. The Morgan fingerprint density at radius 2 is 1.01 bits per heavy atom. The number of amides is 9. The molecule has 0 saturated heterocycles. The van der Waals surface area contributed by atoms with Crippen molar-refractivity contribution in [1.29, 1.82) is 0 Å². The first-order valence-electron chi connectivity index (χ1n) is 25.3. The van der Waals surface area contributed by atoms with Crippen LogP contribution in [-0.2, 0) is 54.4 Å². The lowest BCUT2D eigenvalue weighted by Crippen LogP contribution is -2.69. The number of hydrogen-bond acceptors (Lipinski definition) is 16. The number of fused-ring (bicyclic) bond motifs is 1. The van der Waals surface area contributed by atoms with Gasteiger partial charge in [-0.25, -0.2) is 4.79 Å². The Morgan fingerprint density at radius 3 is 1.47 bits per heavy atom. The van der Waals surface area contributed by atoms with Crippen LogP contribution in [0.2, 0.25) is 0 Å². The van der Waals surface area contributed by atoms with E-state index >= 15 is 0 Å². The zero-order valence-corrected chi connectivity index (χ0v) is 46.1. The SMILES string of the molecule is C[C@H](N)C(=O)N[C@@H](C)C(=O)c1c(C(=O)N[C@@H](C)C(=O)N[C@@H](C)C(=O)N[C@@H](C)C(=O)N[C@@H](C)C(=O)N[C@@H](C)C(=O)N[C@@H](C)C(=O)[C@@](C)(NC(=O)C(C)(C)N)C(=O)N[C@@H](C)C(=O)O)ccc2c1[C@@H](Oc1ccccc1C(=O)O)CCC2. The number of hydrogen-bond donors (Lipinski definition) is 13. The van der Waals surface area contributed by atoms with E-state index in [4.69, 9.17) is 16.2 Å². The number of aromatic carboxylic acids is 1. The number of nitrogens with one attached hydrogen (secondary N) is 9. The van der Waals surface area contributed by atoms with Crippen molar-refractivity contribution in [2.75, 3.05) is 0 Å². The van der Waals surface area contributed by atoms with Crippen LogP contribution < -0.4 is 64.1 Å². The van der Waals surface area contributed by atoms with Gasteiger partial charge >= 0.3 is 11.9 Å². The molecule has 27 nitrogen and oxygen atoms in total. The number of aliphatic carboxylic acids is 1. The number of para-hydroxylation sites is 1. The number of carbonyl (C=O) groups excluding carboxylic acids is 11. The molecular formula is C52H73N11O16. The summed E-state index contributed by atoms with van der Waals surface area (Å²) in [5.74, 6) is -12.6. The van der Waals surface area contributed by atoms with E-state index in [0.29, 0.717) is 30.4 Å². The highest BCUT2D eigenvalue weighted by molar-refractivity contribution is 6.16. The molecule has 0 saturated carbocycles. The number of aryl methyl sites for hydroxylation is 1. The van der Waals surface area contributed by atoms with Gasteiger partial charge in [-0.3, -0.25) is 57.5 Å². The Kier molecular flexibility index (Phi) is 22.5. The second-order valence-corrected chi connectivity index (χ2v) is 20.3. The summed E-state index contributed by atoms with van der Waals surface area (Å²) in [4.78, 5) is 170. The van der Waals surface area contributed by atoms with Crippen molar-refractivity contribution in [1.82, 2.24) is 47.9 Å².